The van der Waals surface area contributed by atoms with Gasteiger partial charge in [0.25, 0.3) is 0 Å². The Morgan fingerprint density at radius 2 is 1.06 bits per heavy atom. The van der Waals surface area contributed by atoms with E-state index in [1.54, 1.807) is 6.20 Å². The van der Waals surface area contributed by atoms with Crippen LogP contribution in [0.4, 0.5) is 9.59 Å². The molecule has 4 heterocycles. The predicted octanol–water partition coefficient (Wildman–Crippen LogP) is 9.19. The highest BCUT2D eigenvalue weighted by molar-refractivity contribution is 6.11. The van der Waals surface area contributed by atoms with Crippen molar-refractivity contribution in [3.8, 4) is 44.8 Å². The van der Waals surface area contributed by atoms with E-state index in [0.29, 0.717) is 24.7 Å². The number of likely N-dealkylation sites (tertiary alicyclic amines) is 2. The number of ether oxygens (including phenoxy) is 2. The number of benzene rings is 3. The summed E-state index contributed by atoms with van der Waals surface area (Å²) in [4.78, 5) is 86.3. The van der Waals surface area contributed by atoms with Gasteiger partial charge in [0.05, 0.1) is 50.1 Å². The van der Waals surface area contributed by atoms with Crippen LogP contribution < -0.4 is 10.6 Å². The highest BCUT2D eigenvalue weighted by atomic mass is 16.5. The minimum absolute atomic E-state index is 0.122. The average Bonchev–Trinajstić information content (AvgIpc) is 4.22. The van der Waals surface area contributed by atoms with Crippen molar-refractivity contribution in [2.24, 2.45) is 17.3 Å². The first-order chi connectivity index (χ1) is 32.8. The van der Waals surface area contributed by atoms with Crippen LogP contribution in [0.1, 0.15) is 119 Å². The van der Waals surface area contributed by atoms with Crippen molar-refractivity contribution in [1.82, 2.24) is 40.4 Å². The fourth-order valence-electron chi connectivity index (χ4n) is 11.1. The second-order valence-electron chi connectivity index (χ2n) is 19.6. The lowest BCUT2D eigenvalue weighted by atomic mass is 9.81. The molecule has 2 aliphatic carbocycles. The molecular formula is C53H62N8O7. The molecule has 9 rings (SSSR count). The van der Waals surface area contributed by atoms with E-state index in [2.05, 4.69) is 81.3 Å². The highest BCUT2D eigenvalue weighted by Gasteiger charge is 2.49. The van der Waals surface area contributed by atoms with Crippen LogP contribution in [0.2, 0.25) is 0 Å². The van der Waals surface area contributed by atoms with Gasteiger partial charge in [0.1, 0.15) is 23.7 Å². The van der Waals surface area contributed by atoms with Crippen LogP contribution >= 0.6 is 0 Å². The number of hydrogen-bond acceptors (Lipinski definition) is 9. The van der Waals surface area contributed by atoms with Gasteiger partial charge >= 0.3 is 12.2 Å². The largest absolute Gasteiger partial charge is 0.453 e. The van der Waals surface area contributed by atoms with Gasteiger partial charge in [-0.25, -0.2) is 19.6 Å². The number of carbonyl (C=O) groups is 5. The van der Waals surface area contributed by atoms with Gasteiger partial charge in [-0.2, -0.15) is 0 Å². The van der Waals surface area contributed by atoms with Crippen LogP contribution in [0, 0.1) is 17.3 Å². The van der Waals surface area contributed by atoms with Gasteiger partial charge in [0.2, 0.25) is 11.8 Å². The Bertz CT molecular complexity index is 2700. The molecule has 4 amide bonds. The lowest BCUT2D eigenvalue weighted by Crippen LogP contribution is -2.51. The molecule has 1 saturated carbocycles. The van der Waals surface area contributed by atoms with Crippen LogP contribution in [0.15, 0.2) is 73.1 Å². The number of methoxy groups -OCH3 is 2. The molecule has 15 nitrogen and oxygen atoms in total. The Morgan fingerprint density at radius 1 is 0.632 bits per heavy atom. The number of aromatic amines is 2. The summed E-state index contributed by atoms with van der Waals surface area (Å²) in [5, 5.41) is 5.42. The first kappa shape index (κ1) is 46.3. The molecule has 68 heavy (non-hydrogen) atoms. The van der Waals surface area contributed by atoms with E-state index in [-0.39, 0.29) is 46.9 Å². The third-order valence-corrected chi connectivity index (χ3v) is 14.8. The highest BCUT2D eigenvalue weighted by Crippen LogP contribution is 2.53. The molecule has 2 unspecified atom stereocenters. The number of alkyl carbamates (subject to hydrolysis) is 2. The number of H-pyrrole nitrogens is 2. The van der Waals surface area contributed by atoms with Crippen molar-refractivity contribution in [1.29, 1.82) is 0 Å². The summed E-state index contributed by atoms with van der Waals surface area (Å²) >= 11 is 0. The maximum Gasteiger partial charge on any atom is 0.407 e. The molecule has 356 valence electrons. The Kier molecular flexibility index (Phi) is 13.0. The van der Waals surface area contributed by atoms with Gasteiger partial charge in [-0.05, 0) is 95.7 Å². The van der Waals surface area contributed by atoms with Gasteiger partial charge in [-0.1, -0.05) is 101 Å². The number of ketones is 1. The molecule has 4 N–H and O–H groups in total. The van der Waals surface area contributed by atoms with Gasteiger partial charge in [0, 0.05) is 24.1 Å². The first-order valence-electron chi connectivity index (χ1n) is 24.1. The number of imidazole rings is 2. The molecule has 5 aromatic rings. The summed E-state index contributed by atoms with van der Waals surface area (Å²) in [6, 6.07) is 19.0. The summed E-state index contributed by atoms with van der Waals surface area (Å²) in [5.41, 5.74) is 9.15. The topological polar surface area (TPSA) is 192 Å². The van der Waals surface area contributed by atoms with Crippen molar-refractivity contribution in [2.45, 2.75) is 110 Å². The second-order valence-corrected chi connectivity index (χ2v) is 19.6. The van der Waals surface area contributed by atoms with Crippen molar-refractivity contribution in [3.63, 3.8) is 0 Å². The molecule has 2 aliphatic heterocycles. The number of Topliss-reactive ketones (excluding diaryl/α,β-unsaturated/α-hetero) is 1. The summed E-state index contributed by atoms with van der Waals surface area (Å²) in [7, 11) is 2.58. The van der Waals surface area contributed by atoms with E-state index in [1.165, 1.54) is 14.2 Å². The van der Waals surface area contributed by atoms with Crippen molar-refractivity contribution in [2.75, 3.05) is 27.3 Å². The summed E-state index contributed by atoms with van der Waals surface area (Å²) in [6.07, 6.45) is 10.2. The number of nitrogens with zero attached hydrogens (tertiary/aromatic N) is 4. The average molecular weight is 923 g/mol. The second kappa shape index (κ2) is 19.1. The van der Waals surface area contributed by atoms with E-state index in [4.69, 9.17) is 19.4 Å². The van der Waals surface area contributed by atoms with Gasteiger partial charge in [-0.15, -0.1) is 0 Å². The minimum atomic E-state index is -0.710. The minimum Gasteiger partial charge on any atom is -0.453 e. The fraction of sp³-hybridized carbons (Fsp3) is 0.453. The van der Waals surface area contributed by atoms with Gasteiger partial charge in [0.15, 0.2) is 5.78 Å². The number of rotatable bonds is 12. The van der Waals surface area contributed by atoms with Crippen LogP contribution in [-0.2, 0) is 25.5 Å². The lowest BCUT2D eigenvalue weighted by molar-refractivity contribution is -0.136. The van der Waals surface area contributed by atoms with E-state index >= 15 is 0 Å². The lowest BCUT2D eigenvalue weighted by Gasteiger charge is -2.30. The molecule has 2 saturated heterocycles. The number of hydrogen-bond donors (Lipinski definition) is 4. The smallest absolute Gasteiger partial charge is 0.407 e. The quantitative estimate of drug-likeness (QED) is 0.0945. The van der Waals surface area contributed by atoms with E-state index in [9.17, 15) is 24.0 Å². The number of aromatic nitrogens is 4. The zero-order valence-corrected chi connectivity index (χ0v) is 39.8. The van der Waals surface area contributed by atoms with Crippen LogP contribution in [-0.4, -0.2) is 98.9 Å². The molecule has 4 atom stereocenters. The standard InChI is InChI=1S/C53H62N8O7/c1-30(2)44(58-51(65)67-5)49(63)60-25-9-11-41(60)47-54-28-39(56-47)34-17-13-32(14-18-34)36-21-22-37(43-38(36)27-53(46(43)62)23-7-8-24-53)33-15-19-35(20-16-33)40-29-55-48(57-40)42-12-10-26-61(42)50(64)45(31(3)4)59-52(66)68-6/h13-22,28-31,41-42,44-45H,7-12,23-27H2,1-6H3,(H,54,56)(H,55,57)(H,58,65)(H,59,66)/t41?,42?,44-,45-/m0/s1. The summed E-state index contributed by atoms with van der Waals surface area (Å²) in [6.45, 7) is 8.76. The van der Waals surface area contributed by atoms with Crippen LogP contribution in [0.3, 0.4) is 0 Å². The maximum atomic E-state index is 14.7. The maximum absolute atomic E-state index is 14.7. The molecule has 4 aliphatic rings. The van der Waals surface area contributed by atoms with Crippen molar-refractivity contribution < 1.29 is 33.4 Å². The van der Waals surface area contributed by atoms with Crippen LogP contribution in [0.5, 0.6) is 0 Å². The van der Waals surface area contributed by atoms with E-state index < -0.39 is 24.3 Å². The molecule has 1 spiro atoms. The number of fused-ring (bicyclic) bond motifs is 1. The zero-order valence-electron chi connectivity index (χ0n) is 39.8. The number of amides is 4. The summed E-state index contributed by atoms with van der Waals surface area (Å²) < 4.78 is 9.59. The van der Waals surface area contributed by atoms with Gasteiger partial charge in [-0.3, -0.25) is 14.4 Å². The Balaban J connectivity index is 0.942. The Morgan fingerprint density at radius 3 is 1.50 bits per heavy atom. The van der Waals surface area contributed by atoms with Gasteiger partial charge < -0.3 is 39.9 Å². The Labute approximate surface area is 397 Å². The molecule has 3 aromatic carbocycles. The van der Waals surface area contributed by atoms with E-state index in [0.717, 1.165) is 114 Å². The fourth-order valence-corrected chi connectivity index (χ4v) is 11.1. The Hall–Kier alpha value is -6.77. The number of carbonyl (C=O) groups excluding carboxylic acids is 5. The van der Waals surface area contributed by atoms with Crippen molar-refractivity contribution >= 4 is 29.8 Å². The normalized spacial score (nSPS) is 19.4. The summed E-state index contributed by atoms with van der Waals surface area (Å²) in [5.74, 6) is 1.12. The SMILES string of the molecule is COC(=O)N[C@H](C(=O)N1CCCC1c1ncc(-c2ccc(-c3ccc(-c4ccc(-c5cnc(C6CCCN6C(=O)[C@@H](NC(=O)OC)C(C)C)[nH]5)cc4)c4c3CC3(CCCC3)C4=O)cc2)[nH]1)C(C)C. The zero-order chi connectivity index (χ0) is 47.9. The third kappa shape index (κ3) is 8.67. The molecule has 15 heteroatoms. The van der Waals surface area contributed by atoms with E-state index in [1.807, 2.05) is 43.7 Å². The number of nitrogens with one attached hydrogen (secondary N) is 4. The molecule has 0 radical (unpaired) electrons. The molecule has 2 aromatic heterocycles. The predicted molar refractivity (Wildman–Crippen MR) is 257 cm³/mol. The van der Waals surface area contributed by atoms with Crippen LogP contribution in [0.25, 0.3) is 44.8 Å². The molecule has 3 fully saturated rings. The monoisotopic (exact) mass is 922 g/mol. The van der Waals surface area contributed by atoms with Crippen molar-refractivity contribution in [3.05, 3.63) is 95.8 Å². The molecule has 0 bridgehead atoms. The third-order valence-electron chi connectivity index (χ3n) is 14.8. The molecular weight excluding hydrogens is 861 g/mol. The first-order valence-corrected chi connectivity index (χ1v) is 24.1.